The highest BCUT2D eigenvalue weighted by molar-refractivity contribution is 8.00. The van der Waals surface area contributed by atoms with Crippen LogP contribution in [0.3, 0.4) is 0 Å². The third kappa shape index (κ3) is 5.35. The van der Waals surface area contributed by atoms with Crippen LogP contribution in [-0.4, -0.2) is 40.1 Å². The Labute approximate surface area is 259 Å². The second-order valence-corrected chi connectivity index (χ2v) is 12.5. The highest BCUT2D eigenvalue weighted by atomic mass is 32.2. The molecule has 0 spiro atoms. The first-order chi connectivity index (χ1) is 21.2. The molecule has 6 rings (SSSR count). The SMILES string of the molecule is CCOC(=O)c1ccc(N2C(=O)C3Sc4c(sc(=O)n4CC(=O)Nc4cccc(C)c4)C(c4ccc(F)cc4)C3C2=O)cc1. The van der Waals surface area contributed by atoms with Gasteiger partial charge in [0, 0.05) is 16.5 Å². The number of hydrogen-bond donors (Lipinski definition) is 1. The first-order valence-electron chi connectivity index (χ1n) is 13.8. The van der Waals surface area contributed by atoms with E-state index in [-0.39, 0.29) is 18.7 Å². The van der Waals surface area contributed by atoms with E-state index in [4.69, 9.17) is 4.74 Å². The Hall–Kier alpha value is -4.55. The fourth-order valence-electron chi connectivity index (χ4n) is 5.57. The molecule has 3 atom stereocenters. The molecule has 2 aliphatic rings. The highest BCUT2D eigenvalue weighted by Crippen LogP contribution is 2.53. The Morgan fingerprint density at radius 2 is 1.70 bits per heavy atom. The van der Waals surface area contributed by atoms with Gasteiger partial charge in [-0.1, -0.05) is 47.4 Å². The molecule has 0 aliphatic carbocycles. The number of nitrogens with one attached hydrogen (secondary N) is 1. The van der Waals surface area contributed by atoms with Gasteiger partial charge < -0.3 is 10.1 Å². The van der Waals surface area contributed by atoms with Crippen LogP contribution in [0.4, 0.5) is 15.8 Å². The van der Waals surface area contributed by atoms with Gasteiger partial charge in [-0.2, -0.15) is 0 Å². The van der Waals surface area contributed by atoms with E-state index in [1.165, 1.54) is 41.0 Å². The molecule has 9 nitrogen and oxygen atoms in total. The van der Waals surface area contributed by atoms with Crippen molar-refractivity contribution in [2.24, 2.45) is 5.92 Å². The summed E-state index contributed by atoms with van der Waals surface area (Å²) in [6.45, 7) is 3.51. The lowest BCUT2D eigenvalue weighted by Crippen LogP contribution is -2.33. The number of ether oxygens (including phenoxy) is 1. The Bertz CT molecular complexity index is 1850. The maximum atomic E-state index is 14.0. The lowest BCUT2D eigenvalue weighted by Gasteiger charge is -2.30. The molecule has 4 aromatic rings. The topological polar surface area (TPSA) is 115 Å². The Morgan fingerprint density at radius 1 is 0.977 bits per heavy atom. The molecule has 3 unspecified atom stereocenters. The summed E-state index contributed by atoms with van der Waals surface area (Å²) in [5, 5.41) is 2.33. The van der Waals surface area contributed by atoms with Crippen molar-refractivity contribution in [1.29, 1.82) is 0 Å². The fourth-order valence-corrected chi connectivity index (χ4v) is 8.34. The van der Waals surface area contributed by atoms with Gasteiger partial charge in [-0.05, 0) is 73.5 Å². The maximum absolute atomic E-state index is 14.0. The van der Waals surface area contributed by atoms with E-state index in [2.05, 4.69) is 5.32 Å². The normalized spacial score (nSPS) is 19.0. The number of anilines is 2. The summed E-state index contributed by atoms with van der Waals surface area (Å²) in [4.78, 5) is 67.6. The Morgan fingerprint density at radius 3 is 2.39 bits per heavy atom. The van der Waals surface area contributed by atoms with Crippen molar-refractivity contribution in [2.75, 3.05) is 16.8 Å². The number of halogens is 1. The number of amides is 3. The predicted octanol–water partition coefficient (Wildman–Crippen LogP) is 4.97. The number of hydrogen-bond acceptors (Lipinski definition) is 8. The molecule has 1 aromatic heterocycles. The van der Waals surface area contributed by atoms with E-state index in [0.29, 0.717) is 26.8 Å². The smallest absolute Gasteiger partial charge is 0.338 e. The van der Waals surface area contributed by atoms with Crippen LogP contribution in [0.25, 0.3) is 0 Å². The number of imide groups is 1. The second kappa shape index (κ2) is 11.9. The average Bonchev–Trinajstić information content (AvgIpc) is 3.44. The van der Waals surface area contributed by atoms with Crippen LogP contribution in [0, 0.1) is 18.7 Å². The monoisotopic (exact) mass is 631 g/mol. The minimum absolute atomic E-state index is 0.206. The molecule has 224 valence electrons. The predicted molar refractivity (Wildman–Crippen MR) is 165 cm³/mol. The molecule has 0 radical (unpaired) electrons. The molecule has 0 bridgehead atoms. The third-order valence-electron chi connectivity index (χ3n) is 7.52. The molecule has 1 fully saturated rings. The molecule has 1 N–H and O–H groups in total. The van der Waals surface area contributed by atoms with E-state index in [9.17, 15) is 28.4 Å². The number of nitrogens with zero attached hydrogens (tertiary/aromatic N) is 2. The quantitative estimate of drug-likeness (QED) is 0.226. The van der Waals surface area contributed by atoms with Gasteiger partial charge in [-0.15, -0.1) is 0 Å². The molecule has 44 heavy (non-hydrogen) atoms. The molecule has 2 aliphatic heterocycles. The Balaban J connectivity index is 1.37. The lowest BCUT2D eigenvalue weighted by molar-refractivity contribution is -0.122. The first kappa shape index (κ1) is 29.5. The lowest BCUT2D eigenvalue weighted by atomic mass is 9.83. The standard InChI is InChI=1S/C32H26FN3O6S2/c1-3-42-31(40)19-9-13-22(14-10-19)36-28(38)25-24(18-7-11-20(33)12-8-18)27-30(43-26(25)29(36)39)35(32(41)44-27)16-23(37)34-21-6-4-5-17(2)15-21/h4-15,24-26H,3,16H2,1-2H3,(H,34,37). The Kier molecular flexibility index (Phi) is 7.95. The summed E-state index contributed by atoms with van der Waals surface area (Å²) >= 11 is 2.00. The van der Waals surface area contributed by atoms with E-state index < -0.39 is 51.5 Å². The molecule has 3 amide bonds. The zero-order valence-electron chi connectivity index (χ0n) is 23.6. The first-order valence-corrected chi connectivity index (χ1v) is 15.5. The number of carbonyl (C=O) groups is 4. The number of thiazole rings is 1. The minimum atomic E-state index is -0.908. The second-order valence-electron chi connectivity index (χ2n) is 10.4. The van der Waals surface area contributed by atoms with Crippen LogP contribution in [0.5, 0.6) is 0 Å². The van der Waals surface area contributed by atoms with Crippen LogP contribution in [-0.2, 0) is 25.7 Å². The zero-order chi connectivity index (χ0) is 31.1. The molecular formula is C32H26FN3O6S2. The van der Waals surface area contributed by atoms with Crippen LogP contribution in [0.15, 0.2) is 82.6 Å². The average molecular weight is 632 g/mol. The molecular weight excluding hydrogens is 605 g/mol. The molecule has 3 heterocycles. The van der Waals surface area contributed by atoms with Gasteiger partial charge in [-0.3, -0.25) is 23.7 Å². The summed E-state index contributed by atoms with van der Waals surface area (Å²) in [6.07, 6.45) is 0. The fraction of sp³-hybridized carbons (Fsp3) is 0.219. The van der Waals surface area contributed by atoms with Crippen molar-refractivity contribution in [3.8, 4) is 0 Å². The van der Waals surface area contributed by atoms with Crippen molar-refractivity contribution in [3.05, 3.63) is 110 Å². The number of rotatable bonds is 7. The molecule has 3 aromatic carbocycles. The van der Waals surface area contributed by atoms with Crippen molar-refractivity contribution >= 4 is 58.2 Å². The third-order valence-corrected chi connectivity index (χ3v) is 10.1. The molecule has 12 heteroatoms. The summed E-state index contributed by atoms with van der Waals surface area (Å²) < 4.78 is 20.3. The van der Waals surface area contributed by atoms with E-state index in [0.717, 1.165) is 33.6 Å². The van der Waals surface area contributed by atoms with Crippen LogP contribution in [0.1, 0.15) is 39.2 Å². The molecule has 1 saturated heterocycles. The van der Waals surface area contributed by atoms with Crippen LogP contribution in [0.2, 0.25) is 0 Å². The summed E-state index contributed by atoms with van der Waals surface area (Å²) in [5.74, 6) is -3.98. The van der Waals surface area contributed by atoms with Crippen molar-refractivity contribution in [1.82, 2.24) is 4.57 Å². The minimum Gasteiger partial charge on any atom is -0.462 e. The van der Waals surface area contributed by atoms with Crippen molar-refractivity contribution in [2.45, 2.75) is 36.6 Å². The highest BCUT2D eigenvalue weighted by Gasteiger charge is 2.56. The van der Waals surface area contributed by atoms with Gasteiger partial charge in [0.15, 0.2) is 0 Å². The number of esters is 1. The van der Waals surface area contributed by atoms with Crippen molar-refractivity contribution < 1.29 is 28.3 Å². The van der Waals surface area contributed by atoms with Gasteiger partial charge in [0.2, 0.25) is 17.7 Å². The largest absolute Gasteiger partial charge is 0.462 e. The van der Waals surface area contributed by atoms with Crippen molar-refractivity contribution in [3.63, 3.8) is 0 Å². The van der Waals surface area contributed by atoms with E-state index in [1.54, 1.807) is 25.1 Å². The van der Waals surface area contributed by atoms with Gasteiger partial charge in [0.25, 0.3) is 0 Å². The number of carbonyl (C=O) groups excluding carboxylic acids is 4. The number of thioether (sulfide) groups is 1. The van der Waals surface area contributed by atoms with E-state index >= 15 is 0 Å². The number of benzene rings is 3. The summed E-state index contributed by atoms with van der Waals surface area (Å²) in [5.41, 5.74) is 2.69. The van der Waals surface area contributed by atoms with Crippen LogP contribution < -0.4 is 15.1 Å². The number of fused-ring (bicyclic) bond motifs is 2. The van der Waals surface area contributed by atoms with E-state index in [1.807, 2.05) is 25.1 Å². The van der Waals surface area contributed by atoms with Gasteiger partial charge in [0.05, 0.1) is 28.8 Å². The molecule has 0 saturated carbocycles. The zero-order valence-corrected chi connectivity index (χ0v) is 25.2. The summed E-state index contributed by atoms with van der Waals surface area (Å²) in [6, 6.07) is 18.9. The maximum Gasteiger partial charge on any atom is 0.338 e. The van der Waals surface area contributed by atoms with Gasteiger partial charge >= 0.3 is 10.8 Å². The van der Waals surface area contributed by atoms with Gasteiger partial charge in [-0.25, -0.2) is 14.1 Å². The van der Waals surface area contributed by atoms with Crippen LogP contribution >= 0.6 is 23.1 Å². The summed E-state index contributed by atoms with van der Waals surface area (Å²) in [7, 11) is 0. The number of aromatic nitrogens is 1. The number of aryl methyl sites for hydroxylation is 1. The van der Waals surface area contributed by atoms with Gasteiger partial charge in [0.1, 0.15) is 17.6 Å².